The van der Waals surface area contributed by atoms with Gasteiger partial charge in [-0.05, 0) is 42.4 Å². The zero-order chi connectivity index (χ0) is 21.5. The summed E-state index contributed by atoms with van der Waals surface area (Å²) in [5, 5.41) is 24.0. The summed E-state index contributed by atoms with van der Waals surface area (Å²) in [6.07, 6.45) is 3.38. The number of halogens is 1. The number of aromatic hydroxyl groups is 1. The Morgan fingerprint density at radius 2 is 1.77 bits per heavy atom. The molecular formula is C22H22FN7O. The van der Waals surface area contributed by atoms with Gasteiger partial charge >= 0.3 is 0 Å². The number of piperazine rings is 1. The number of fused-ring (bicyclic) bond motifs is 1. The number of aryl methyl sites for hydroxylation is 1. The molecule has 0 bridgehead atoms. The summed E-state index contributed by atoms with van der Waals surface area (Å²) in [5.74, 6) is 0.229. The van der Waals surface area contributed by atoms with Gasteiger partial charge in [-0.2, -0.15) is 5.10 Å². The normalized spacial score (nSPS) is 15.0. The molecular weight excluding hydrogens is 397 g/mol. The average Bonchev–Trinajstić information content (AvgIpc) is 3.15. The Morgan fingerprint density at radius 1 is 0.968 bits per heavy atom. The number of anilines is 1. The molecule has 0 radical (unpaired) electrons. The SMILES string of the molecule is CN1CCN(c2ncc(-c3ccc(-c4cc(F)c5nn(C)cc5c4)cc3O)nn2)CC1. The molecule has 0 amide bonds. The lowest BCUT2D eigenvalue weighted by Gasteiger charge is -2.31. The summed E-state index contributed by atoms with van der Waals surface area (Å²) in [6.45, 7) is 3.63. The van der Waals surface area contributed by atoms with Crippen molar-refractivity contribution in [3.63, 3.8) is 0 Å². The molecule has 31 heavy (non-hydrogen) atoms. The minimum Gasteiger partial charge on any atom is -0.507 e. The van der Waals surface area contributed by atoms with Crippen LogP contribution in [0.4, 0.5) is 10.3 Å². The molecule has 3 heterocycles. The highest BCUT2D eigenvalue weighted by atomic mass is 19.1. The maximum Gasteiger partial charge on any atom is 0.245 e. The Kier molecular flexibility index (Phi) is 4.74. The number of hydrogen-bond acceptors (Lipinski definition) is 7. The lowest BCUT2D eigenvalue weighted by molar-refractivity contribution is 0.311. The molecule has 0 saturated carbocycles. The Hall–Kier alpha value is -3.59. The van der Waals surface area contributed by atoms with E-state index in [9.17, 15) is 9.50 Å². The standard InChI is InChI=1S/C22H22FN7O/c1-28-5-7-30(8-6-28)22-24-12-19(25-26-22)17-4-3-14(11-20(17)31)15-9-16-13-29(2)27-21(16)18(23)10-15/h3-4,9-13,31H,5-8H2,1-2H3. The maximum absolute atomic E-state index is 14.4. The Morgan fingerprint density at radius 3 is 2.48 bits per heavy atom. The average molecular weight is 419 g/mol. The monoisotopic (exact) mass is 419 g/mol. The molecule has 8 nitrogen and oxygen atoms in total. The third-order valence-corrected chi connectivity index (χ3v) is 5.62. The van der Waals surface area contributed by atoms with Crippen LogP contribution < -0.4 is 4.90 Å². The van der Waals surface area contributed by atoms with Crippen molar-refractivity contribution in [2.45, 2.75) is 0 Å². The molecule has 1 aliphatic rings. The third-order valence-electron chi connectivity index (χ3n) is 5.62. The zero-order valence-corrected chi connectivity index (χ0v) is 17.3. The van der Waals surface area contributed by atoms with Crippen molar-refractivity contribution in [1.82, 2.24) is 29.9 Å². The van der Waals surface area contributed by atoms with Crippen molar-refractivity contribution >= 4 is 16.9 Å². The molecule has 0 atom stereocenters. The molecule has 0 unspecified atom stereocenters. The number of benzene rings is 2. The summed E-state index contributed by atoms with van der Waals surface area (Å²) in [7, 11) is 3.85. The Labute approximate surface area is 178 Å². The lowest BCUT2D eigenvalue weighted by Crippen LogP contribution is -2.45. The topological polar surface area (TPSA) is 83.2 Å². The van der Waals surface area contributed by atoms with Crippen LogP contribution in [0.3, 0.4) is 0 Å². The van der Waals surface area contributed by atoms with Gasteiger partial charge in [-0.1, -0.05) is 6.07 Å². The van der Waals surface area contributed by atoms with E-state index in [0.29, 0.717) is 39.2 Å². The molecule has 0 aliphatic carbocycles. The van der Waals surface area contributed by atoms with Gasteiger partial charge in [0.1, 0.15) is 17.0 Å². The number of phenolic OH excluding ortho intramolecular Hbond substituents is 1. The van der Waals surface area contributed by atoms with Gasteiger partial charge in [-0.15, -0.1) is 10.2 Å². The summed E-state index contributed by atoms with van der Waals surface area (Å²) < 4.78 is 16.0. The molecule has 0 spiro atoms. The van der Waals surface area contributed by atoms with Crippen molar-refractivity contribution < 1.29 is 9.50 Å². The molecule has 1 saturated heterocycles. The fraction of sp³-hybridized carbons (Fsp3) is 0.273. The highest BCUT2D eigenvalue weighted by molar-refractivity contribution is 5.85. The van der Waals surface area contributed by atoms with Crippen LogP contribution in [0.15, 0.2) is 42.7 Å². The fourth-order valence-corrected chi connectivity index (χ4v) is 3.85. The Bertz CT molecular complexity index is 1250. The van der Waals surface area contributed by atoms with E-state index >= 15 is 0 Å². The minimum absolute atomic E-state index is 0.0349. The quantitative estimate of drug-likeness (QED) is 0.547. The van der Waals surface area contributed by atoms with E-state index in [-0.39, 0.29) is 5.75 Å². The molecule has 5 rings (SSSR count). The predicted octanol–water partition coefficient (Wildman–Crippen LogP) is 2.69. The number of rotatable bonds is 3. The van der Waals surface area contributed by atoms with E-state index in [1.807, 2.05) is 12.1 Å². The summed E-state index contributed by atoms with van der Waals surface area (Å²) >= 11 is 0. The second-order valence-corrected chi connectivity index (χ2v) is 7.86. The zero-order valence-electron chi connectivity index (χ0n) is 17.3. The van der Waals surface area contributed by atoms with Crippen LogP contribution in [-0.2, 0) is 7.05 Å². The van der Waals surface area contributed by atoms with Gasteiger partial charge in [0.15, 0.2) is 5.82 Å². The molecule has 158 valence electrons. The van der Waals surface area contributed by atoms with Gasteiger partial charge in [-0.25, -0.2) is 9.37 Å². The maximum atomic E-state index is 14.4. The van der Waals surface area contributed by atoms with Gasteiger partial charge in [0, 0.05) is 50.4 Å². The number of phenols is 1. The smallest absolute Gasteiger partial charge is 0.245 e. The highest BCUT2D eigenvalue weighted by Crippen LogP contribution is 2.34. The van der Waals surface area contributed by atoms with Crippen molar-refractivity contribution in [3.8, 4) is 28.1 Å². The van der Waals surface area contributed by atoms with Crippen LogP contribution in [0.1, 0.15) is 0 Å². The van der Waals surface area contributed by atoms with E-state index in [1.54, 1.807) is 36.3 Å². The van der Waals surface area contributed by atoms with Crippen molar-refractivity contribution in [3.05, 3.63) is 48.5 Å². The molecule has 2 aromatic heterocycles. The van der Waals surface area contributed by atoms with Crippen molar-refractivity contribution in [2.75, 3.05) is 38.1 Å². The highest BCUT2D eigenvalue weighted by Gasteiger charge is 2.18. The molecule has 1 aliphatic heterocycles. The largest absolute Gasteiger partial charge is 0.507 e. The van der Waals surface area contributed by atoms with E-state index < -0.39 is 5.82 Å². The van der Waals surface area contributed by atoms with Crippen LogP contribution in [0.2, 0.25) is 0 Å². The van der Waals surface area contributed by atoms with Crippen molar-refractivity contribution in [2.24, 2.45) is 7.05 Å². The second-order valence-electron chi connectivity index (χ2n) is 7.86. The van der Waals surface area contributed by atoms with Gasteiger partial charge in [-0.3, -0.25) is 4.68 Å². The molecule has 1 N–H and O–H groups in total. The second kappa shape index (κ2) is 7.59. The first kappa shape index (κ1) is 19.4. The molecule has 9 heteroatoms. The van der Waals surface area contributed by atoms with Gasteiger partial charge in [0.05, 0.1) is 6.20 Å². The van der Waals surface area contributed by atoms with Crippen LogP contribution >= 0.6 is 0 Å². The van der Waals surface area contributed by atoms with Gasteiger partial charge < -0.3 is 14.9 Å². The number of hydrogen-bond donors (Lipinski definition) is 1. The van der Waals surface area contributed by atoms with Crippen LogP contribution in [0, 0.1) is 5.82 Å². The third kappa shape index (κ3) is 3.68. The molecule has 4 aromatic rings. The predicted molar refractivity (Wildman–Crippen MR) is 116 cm³/mol. The minimum atomic E-state index is -0.397. The lowest BCUT2D eigenvalue weighted by atomic mass is 10.0. The Balaban J connectivity index is 1.42. The first-order chi connectivity index (χ1) is 15.0. The molecule has 2 aromatic carbocycles. The summed E-state index contributed by atoms with van der Waals surface area (Å²) in [6, 6.07) is 8.45. The number of aromatic nitrogens is 5. The van der Waals surface area contributed by atoms with E-state index in [2.05, 4.69) is 37.1 Å². The summed E-state index contributed by atoms with van der Waals surface area (Å²) in [4.78, 5) is 8.80. The van der Waals surface area contributed by atoms with Crippen LogP contribution in [-0.4, -0.2) is 68.2 Å². The fourth-order valence-electron chi connectivity index (χ4n) is 3.85. The van der Waals surface area contributed by atoms with E-state index in [1.165, 1.54) is 6.07 Å². The van der Waals surface area contributed by atoms with Crippen LogP contribution in [0.25, 0.3) is 33.3 Å². The number of likely N-dealkylation sites (N-methyl/N-ethyl adjacent to an activating group) is 1. The van der Waals surface area contributed by atoms with Crippen molar-refractivity contribution in [1.29, 1.82) is 0 Å². The first-order valence-electron chi connectivity index (χ1n) is 10.1. The van der Waals surface area contributed by atoms with E-state index in [0.717, 1.165) is 26.2 Å². The first-order valence-corrected chi connectivity index (χ1v) is 10.1. The van der Waals surface area contributed by atoms with E-state index in [4.69, 9.17) is 0 Å². The van der Waals surface area contributed by atoms with Crippen LogP contribution in [0.5, 0.6) is 5.75 Å². The molecule has 1 fully saturated rings. The van der Waals surface area contributed by atoms with Gasteiger partial charge in [0.25, 0.3) is 0 Å². The van der Waals surface area contributed by atoms with Gasteiger partial charge in [0.2, 0.25) is 5.95 Å². The number of nitrogens with zero attached hydrogens (tertiary/aromatic N) is 7. The summed E-state index contributed by atoms with van der Waals surface area (Å²) in [5.41, 5.74) is 2.69.